The molecule has 3 heteroatoms. The summed E-state index contributed by atoms with van der Waals surface area (Å²) in [5.74, 6) is 1.21. The fraction of sp³-hybridized carbons (Fsp3) is 0.188. The van der Waals surface area contributed by atoms with Gasteiger partial charge in [0.05, 0.1) is 5.56 Å². The summed E-state index contributed by atoms with van der Waals surface area (Å²) in [7, 11) is 0. The lowest BCUT2D eigenvalue weighted by Crippen LogP contribution is -2.12. The molecule has 0 spiro atoms. The molecule has 0 aliphatic carbocycles. The number of amides is 1. The van der Waals surface area contributed by atoms with E-state index < -0.39 is 0 Å². The van der Waals surface area contributed by atoms with Crippen LogP contribution in [0.4, 0.5) is 5.69 Å². The molecule has 3 nitrogen and oxygen atoms in total. The first kappa shape index (κ1) is 13.1. The summed E-state index contributed by atoms with van der Waals surface area (Å²) in [6.45, 7) is 9.44. The number of anilines is 1. The largest absolute Gasteiger partial charge is 0.466 e. The summed E-state index contributed by atoms with van der Waals surface area (Å²) in [5, 5.41) is 2.87. The molecule has 0 aliphatic heterocycles. The zero-order valence-corrected chi connectivity index (χ0v) is 11.4. The maximum Gasteiger partial charge on any atom is 0.259 e. The van der Waals surface area contributed by atoms with Gasteiger partial charge in [-0.3, -0.25) is 4.79 Å². The van der Waals surface area contributed by atoms with Crippen LogP contribution in [0, 0.1) is 13.8 Å². The first-order chi connectivity index (χ1) is 8.97. The fourth-order valence-electron chi connectivity index (χ4n) is 1.92. The van der Waals surface area contributed by atoms with Gasteiger partial charge in [0.2, 0.25) is 0 Å². The van der Waals surface area contributed by atoms with Crippen molar-refractivity contribution >= 4 is 17.2 Å². The van der Waals surface area contributed by atoms with E-state index in [9.17, 15) is 4.79 Å². The van der Waals surface area contributed by atoms with E-state index in [0.717, 1.165) is 22.6 Å². The summed E-state index contributed by atoms with van der Waals surface area (Å²) in [4.78, 5) is 12.1. The molecule has 1 aromatic carbocycles. The zero-order valence-electron chi connectivity index (χ0n) is 11.4. The zero-order chi connectivity index (χ0) is 14.0. The van der Waals surface area contributed by atoms with Crippen LogP contribution in [0.5, 0.6) is 0 Å². The average Bonchev–Trinajstić information content (AvgIpc) is 2.69. The molecule has 0 bridgehead atoms. The Kier molecular flexibility index (Phi) is 3.56. The lowest BCUT2D eigenvalue weighted by Gasteiger charge is -2.06. The number of hydrogen-bond acceptors (Lipinski definition) is 2. The standard InChI is InChI=1S/C16H17NO2/c1-10(2)13-6-5-7-14(9-13)17-16(18)15-8-11(3)19-12(15)4/h5-9H,1H2,2-4H3,(H,17,18). The van der Waals surface area contributed by atoms with Crippen LogP contribution in [-0.2, 0) is 0 Å². The number of benzene rings is 1. The van der Waals surface area contributed by atoms with Gasteiger partial charge in [-0.15, -0.1) is 0 Å². The molecule has 1 heterocycles. The molecule has 2 aromatic rings. The van der Waals surface area contributed by atoms with Crippen LogP contribution in [-0.4, -0.2) is 5.91 Å². The second kappa shape index (κ2) is 5.14. The summed E-state index contributed by atoms with van der Waals surface area (Å²) in [6, 6.07) is 9.36. The monoisotopic (exact) mass is 255 g/mol. The minimum atomic E-state index is -0.159. The fourth-order valence-corrected chi connectivity index (χ4v) is 1.92. The van der Waals surface area contributed by atoms with Crippen molar-refractivity contribution in [2.75, 3.05) is 5.32 Å². The van der Waals surface area contributed by atoms with Crippen LogP contribution >= 0.6 is 0 Å². The molecule has 0 saturated carbocycles. The highest BCUT2D eigenvalue weighted by molar-refractivity contribution is 6.05. The van der Waals surface area contributed by atoms with Gasteiger partial charge in [-0.05, 0) is 44.5 Å². The average molecular weight is 255 g/mol. The smallest absolute Gasteiger partial charge is 0.259 e. The third-order valence-corrected chi connectivity index (χ3v) is 2.90. The molecule has 0 atom stereocenters. The molecule has 1 amide bonds. The van der Waals surface area contributed by atoms with E-state index in [4.69, 9.17) is 4.42 Å². The molecule has 0 aliphatic rings. The van der Waals surface area contributed by atoms with Crippen LogP contribution in [0.2, 0.25) is 0 Å². The van der Waals surface area contributed by atoms with Gasteiger partial charge in [0.1, 0.15) is 11.5 Å². The van der Waals surface area contributed by atoms with Gasteiger partial charge in [0.15, 0.2) is 0 Å². The van der Waals surface area contributed by atoms with Crippen molar-refractivity contribution in [3.63, 3.8) is 0 Å². The molecule has 2 rings (SSSR count). The van der Waals surface area contributed by atoms with E-state index in [-0.39, 0.29) is 5.91 Å². The Bertz CT molecular complexity index is 638. The maximum atomic E-state index is 12.1. The third-order valence-electron chi connectivity index (χ3n) is 2.90. The molecule has 19 heavy (non-hydrogen) atoms. The Hall–Kier alpha value is -2.29. The Labute approximate surface area is 112 Å². The van der Waals surface area contributed by atoms with Crippen LogP contribution < -0.4 is 5.32 Å². The highest BCUT2D eigenvalue weighted by Gasteiger charge is 2.13. The van der Waals surface area contributed by atoms with Gasteiger partial charge in [-0.2, -0.15) is 0 Å². The molecule has 0 fully saturated rings. The number of allylic oxidation sites excluding steroid dienone is 1. The SMILES string of the molecule is C=C(C)c1cccc(NC(=O)c2cc(C)oc2C)c1. The van der Waals surface area contributed by atoms with E-state index in [0.29, 0.717) is 11.3 Å². The van der Waals surface area contributed by atoms with E-state index >= 15 is 0 Å². The molecule has 1 N–H and O–H groups in total. The molecular weight excluding hydrogens is 238 g/mol. The Morgan fingerprint density at radius 2 is 2.00 bits per heavy atom. The van der Waals surface area contributed by atoms with Gasteiger partial charge in [-0.1, -0.05) is 24.3 Å². The highest BCUT2D eigenvalue weighted by Crippen LogP contribution is 2.19. The third kappa shape index (κ3) is 2.94. The summed E-state index contributed by atoms with van der Waals surface area (Å²) in [6.07, 6.45) is 0. The number of rotatable bonds is 3. The second-order valence-corrected chi connectivity index (χ2v) is 4.64. The molecular formula is C16H17NO2. The second-order valence-electron chi connectivity index (χ2n) is 4.64. The summed E-state index contributed by atoms with van der Waals surface area (Å²) >= 11 is 0. The van der Waals surface area contributed by atoms with Crippen LogP contribution in [0.15, 0.2) is 41.3 Å². The Morgan fingerprint density at radius 3 is 2.58 bits per heavy atom. The molecule has 0 radical (unpaired) electrons. The quantitative estimate of drug-likeness (QED) is 0.893. The van der Waals surface area contributed by atoms with E-state index in [1.54, 1.807) is 13.0 Å². The molecule has 0 saturated heterocycles. The van der Waals surface area contributed by atoms with Crippen LogP contribution in [0.3, 0.4) is 0 Å². The van der Waals surface area contributed by atoms with Gasteiger partial charge in [0, 0.05) is 5.69 Å². The maximum absolute atomic E-state index is 12.1. The van der Waals surface area contributed by atoms with Crippen molar-refractivity contribution in [1.29, 1.82) is 0 Å². The number of aryl methyl sites for hydroxylation is 2. The van der Waals surface area contributed by atoms with Crippen molar-refractivity contribution in [3.8, 4) is 0 Å². The Balaban J connectivity index is 2.21. The number of furan rings is 1. The van der Waals surface area contributed by atoms with Crippen molar-refractivity contribution in [1.82, 2.24) is 0 Å². The molecule has 98 valence electrons. The number of hydrogen-bond donors (Lipinski definition) is 1. The lowest BCUT2D eigenvalue weighted by atomic mass is 10.1. The van der Waals surface area contributed by atoms with Crippen molar-refractivity contribution in [2.45, 2.75) is 20.8 Å². The predicted octanol–water partition coefficient (Wildman–Crippen LogP) is 4.18. The highest BCUT2D eigenvalue weighted by atomic mass is 16.3. The number of carbonyl (C=O) groups excluding carboxylic acids is 1. The van der Waals surface area contributed by atoms with Gasteiger partial charge in [-0.25, -0.2) is 0 Å². The number of carbonyl (C=O) groups is 1. The minimum Gasteiger partial charge on any atom is -0.466 e. The Morgan fingerprint density at radius 1 is 1.26 bits per heavy atom. The summed E-state index contributed by atoms with van der Waals surface area (Å²) in [5.41, 5.74) is 3.30. The lowest BCUT2D eigenvalue weighted by molar-refractivity contribution is 0.102. The first-order valence-corrected chi connectivity index (χ1v) is 6.11. The minimum absolute atomic E-state index is 0.159. The summed E-state index contributed by atoms with van der Waals surface area (Å²) < 4.78 is 5.36. The predicted molar refractivity (Wildman–Crippen MR) is 77.3 cm³/mol. The van der Waals surface area contributed by atoms with Gasteiger partial charge < -0.3 is 9.73 Å². The molecule has 0 unspecified atom stereocenters. The van der Waals surface area contributed by atoms with Crippen LogP contribution in [0.1, 0.15) is 34.4 Å². The topological polar surface area (TPSA) is 42.2 Å². The first-order valence-electron chi connectivity index (χ1n) is 6.11. The van der Waals surface area contributed by atoms with E-state index in [1.807, 2.05) is 38.1 Å². The van der Waals surface area contributed by atoms with Crippen molar-refractivity contribution < 1.29 is 9.21 Å². The normalized spacial score (nSPS) is 10.3. The number of nitrogens with one attached hydrogen (secondary N) is 1. The molecule has 1 aromatic heterocycles. The van der Waals surface area contributed by atoms with Gasteiger partial charge in [0.25, 0.3) is 5.91 Å². The van der Waals surface area contributed by atoms with E-state index in [2.05, 4.69) is 11.9 Å². The van der Waals surface area contributed by atoms with E-state index in [1.165, 1.54) is 0 Å². The van der Waals surface area contributed by atoms with Crippen LogP contribution in [0.25, 0.3) is 5.57 Å². The van der Waals surface area contributed by atoms with Crippen molar-refractivity contribution in [3.05, 3.63) is 59.6 Å². The van der Waals surface area contributed by atoms with Crippen molar-refractivity contribution in [2.24, 2.45) is 0 Å². The van der Waals surface area contributed by atoms with Gasteiger partial charge >= 0.3 is 0 Å².